The zero-order valence-corrected chi connectivity index (χ0v) is 22.5. The lowest BCUT2D eigenvalue weighted by Gasteiger charge is -2.10. The number of hydrogen-bond acceptors (Lipinski definition) is 5. The van der Waals surface area contributed by atoms with E-state index in [1.54, 1.807) is 42.5 Å². The summed E-state index contributed by atoms with van der Waals surface area (Å²) in [5, 5.41) is 3.92. The second-order valence-electron chi connectivity index (χ2n) is 6.25. The maximum Gasteiger partial charge on any atom is 0.343 e. The summed E-state index contributed by atoms with van der Waals surface area (Å²) in [7, 11) is 0. The lowest BCUT2D eigenvalue weighted by atomic mass is 10.2. The van der Waals surface area contributed by atoms with Crippen molar-refractivity contribution in [2.24, 2.45) is 5.10 Å². The van der Waals surface area contributed by atoms with Gasteiger partial charge in [-0.3, -0.25) is 4.79 Å². The summed E-state index contributed by atoms with van der Waals surface area (Å²) >= 11 is 13.5. The number of esters is 1. The molecule has 0 aromatic heterocycles. The lowest BCUT2D eigenvalue weighted by Crippen LogP contribution is -2.24. The number of rotatable bonds is 7. The molecule has 1 amide bonds. The third kappa shape index (κ3) is 7.26. The molecule has 0 bridgehead atoms. The molecule has 0 heterocycles. The number of hydrogen-bond donors (Lipinski definition) is 1. The SMILES string of the molecule is O=C(COc1c(Br)cc(Br)cc1Br)N/N=C/c1cccc(OC(=O)c2cccc(Br)c2)c1. The van der Waals surface area contributed by atoms with E-state index in [2.05, 4.69) is 74.2 Å². The Morgan fingerprint density at radius 2 is 1.62 bits per heavy atom. The number of carbonyl (C=O) groups is 2. The van der Waals surface area contributed by atoms with Crippen LogP contribution in [0.25, 0.3) is 0 Å². The number of carbonyl (C=O) groups excluding carboxylic acids is 2. The molecule has 3 aromatic carbocycles. The summed E-state index contributed by atoms with van der Waals surface area (Å²) in [6, 6.07) is 17.3. The largest absolute Gasteiger partial charge is 0.481 e. The van der Waals surface area contributed by atoms with E-state index in [0.29, 0.717) is 31.6 Å². The highest BCUT2D eigenvalue weighted by Crippen LogP contribution is 2.36. The molecule has 0 atom stereocenters. The van der Waals surface area contributed by atoms with Gasteiger partial charge in [-0.05, 0) is 79.9 Å². The van der Waals surface area contributed by atoms with Gasteiger partial charge in [-0.15, -0.1) is 0 Å². The molecule has 3 aromatic rings. The van der Waals surface area contributed by atoms with Gasteiger partial charge in [0.2, 0.25) is 0 Å². The van der Waals surface area contributed by atoms with Gasteiger partial charge in [-0.25, -0.2) is 10.2 Å². The van der Waals surface area contributed by atoms with Gasteiger partial charge in [-0.1, -0.05) is 50.1 Å². The van der Waals surface area contributed by atoms with E-state index in [0.717, 1.165) is 8.95 Å². The van der Waals surface area contributed by atoms with Gasteiger partial charge in [0.05, 0.1) is 20.7 Å². The van der Waals surface area contributed by atoms with Gasteiger partial charge >= 0.3 is 5.97 Å². The number of benzene rings is 3. The minimum Gasteiger partial charge on any atom is -0.481 e. The van der Waals surface area contributed by atoms with Crippen molar-refractivity contribution in [2.75, 3.05) is 6.61 Å². The summed E-state index contributed by atoms with van der Waals surface area (Å²) in [6.07, 6.45) is 1.44. The van der Waals surface area contributed by atoms with Crippen LogP contribution in [0.2, 0.25) is 0 Å². The molecule has 0 unspecified atom stereocenters. The summed E-state index contributed by atoms with van der Waals surface area (Å²) in [6.45, 7) is -0.222. The molecule has 32 heavy (non-hydrogen) atoms. The smallest absolute Gasteiger partial charge is 0.343 e. The Bertz CT molecular complexity index is 1160. The van der Waals surface area contributed by atoms with Crippen LogP contribution in [0, 0.1) is 0 Å². The first-order chi connectivity index (χ1) is 15.3. The second kappa shape index (κ2) is 11.7. The van der Waals surface area contributed by atoms with E-state index in [4.69, 9.17) is 9.47 Å². The van der Waals surface area contributed by atoms with Gasteiger partial charge < -0.3 is 9.47 Å². The number of hydrazone groups is 1. The molecule has 0 radical (unpaired) electrons. The molecule has 0 aliphatic carbocycles. The van der Waals surface area contributed by atoms with Crippen molar-refractivity contribution in [2.45, 2.75) is 0 Å². The van der Waals surface area contributed by atoms with Crippen LogP contribution in [-0.2, 0) is 4.79 Å². The Hall–Kier alpha value is -2.01. The van der Waals surface area contributed by atoms with Crippen molar-refractivity contribution in [3.8, 4) is 11.5 Å². The quantitative estimate of drug-likeness (QED) is 0.133. The molecule has 0 saturated heterocycles. The number of amides is 1. The first-order valence-corrected chi connectivity index (χ1v) is 12.2. The van der Waals surface area contributed by atoms with Crippen molar-refractivity contribution in [3.63, 3.8) is 0 Å². The molecule has 10 heteroatoms. The molecular formula is C22H14Br4N2O4. The summed E-state index contributed by atoms with van der Waals surface area (Å²) < 4.78 is 14.0. The number of ether oxygens (including phenoxy) is 2. The standard InChI is InChI=1S/C22H14Br4N2O4/c23-15-5-2-4-14(8-15)22(30)32-17-6-1-3-13(7-17)11-27-28-20(29)12-31-21-18(25)9-16(24)10-19(21)26/h1-11H,12H2,(H,28,29)/b27-11+. The predicted molar refractivity (Wildman–Crippen MR) is 136 cm³/mol. The Morgan fingerprint density at radius 1 is 0.906 bits per heavy atom. The van der Waals surface area contributed by atoms with E-state index in [-0.39, 0.29) is 6.61 Å². The van der Waals surface area contributed by atoms with Crippen LogP contribution >= 0.6 is 63.7 Å². The van der Waals surface area contributed by atoms with Crippen molar-refractivity contribution in [1.82, 2.24) is 5.43 Å². The molecule has 6 nitrogen and oxygen atoms in total. The van der Waals surface area contributed by atoms with Crippen LogP contribution in [0.3, 0.4) is 0 Å². The maximum absolute atomic E-state index is 12.3. The predicted octanol–water partition coefficient (Wildman–Crippen LogP) is 6.48. The fourth-order valence-electron chi connectivity index (χ4n) is 2.46. The van der Waals surface area contributed by atoms with E-state index in [1.807, 2.05) is 18.2 Å². The van der Waals surface area contributed by atoms with E-state index >= 15 is 0 Å². The minimum absolute atomic E-state index is 0.222. The molecule has 1 N–H and O–H groups in total. The van der Waals surface area contributed by atoms with Gasteiger partial charge in [0.15, 0.2) is 6.61 Å². The normalized spacial score (nSPS) is 10.8. The Labute approximate surface area is 217 Å². The highest BCUT2D eigenvalue weighted by molar-refractivity contribution is 9.11. The third-order valence-electron chi connectivity index (χ3n) is 3.84. The van der Waals surface area contributed by atoms with Crippen LogP contribution in [0.4, 0.5) is 0 Å². The molecule has 0 aliphatic rings. The molecule has 0 spiro atoms. The van der Waals surface area contributed by atoms with Crippen molar-refractivity contribution < 1.29 is 19.1 Å². The zero-order valence-electron chi connectivity index (χ0n) is 16.2. The average Bonchev–Trinajstić information content (AvgIpc) is 2.73. The van der Waals surface area contributed by atoms with Gasteiger partial charge in [0.1, 0.15) is 11.5 Å². The Balaban J connectivity index is 1.54. The Morgan fingerprint density at radius 3 is 2.34 bits per heavy atom. The zero-order chi connectivity index (χ0) is 23.1. The number of nitrogens with zero attached hydrogens (tertiary/aromatic N) is 1. The number of halogens is 4. The molecule has 0 fully saturated rings. The van der Waals surface area contributed by atoms with Gasteiger partial charge in [-0.2, -0.15) is 5.10 Å². The first-order valence-electron chi connectivity index (χ1n) is 8.99. The van der Waals surface area contributed by atoms with Crippen molar-refractivity contribution in [3.05, 3.63) is 89.7 Å². The number of nitrogens with one attached hydrogen (secondary N) is 1. The first kappa shape index (κ1) is 24.6. The summed E-state index contributed by atoms with van der Waals surface area (Å²) in [5.74, 6) is -0.0397. The monoisotopic (exact) mass is 686 g/mol. The van der Waals surface area contributed by atoms with Crippen LogP contribution in [-0.4, -0.2) is 24.7 Å². The van der Waals surface area contributed by atoms with Gasteiger partial charge in [0.25, 0.3) is 5.91 Å². The van der Waals surface area contributed by atoms with Gasteiger partial charge in [0, 0.05) is 8.95 Å². The molecule has 164 valence electrons. The topological polar surface area (TPSA) is 77.0 Å². The van der Waals surface area contributed by atoms with Crippen LogP contribution in [0.15, 0.2) is 83.7 Å². The van der Waals surface area contributed by atoms with E-state index in [9.17, 15) is 9.59 Å². The fourth-order valence-corrected chi connectivity index (χ4v) is 5.34. The van der Waals surface area contributed by atoms with E-state index < -0.39 is 11.9 Å². The fraction of sp³-hybridized carbons (Fsp3) is 0.0455. The molecule has 3 rings (SSSR count). The van der Waals surface area contributed by atoms with E-state index in [1.165, 1.54) is 6.21 Å². The molecule has 0 aliphatic heterocycles. The summed E-state index contributed by atoms with van der Waals surface area (Å²) in [5.41, 5.74) is 3.47. The van der Waals surface area contributed by atoms with Crippen LogP contribution in [0.5, 0.6) is 11.5 Å². The van der Waals surface area contributed by atoms with Crippen molar-refractivity contribution in [1.29, 1.82) is 0 Å². The van der Waals surface area contributed by atoms with Crippen LogP contribution in [0.1, 0.15) is 15.9 Å². The highest BCUT2D eigenvalue weighted by atomic mass is 79.9. The second-order valence-corrected chi connectivity index (χ2v) is 9.79. The molecular weight excluding hydrogens is 676 g/mol. The summed E-state index contributed by atoms with van der Waals surface area (Å²) in [4.78, 5) is 24.3. The lowest BCUT2D eigenvalue weighted by molar-refractivity contribution is -0.123. The maximum atomic E-state index is 12.3. The minimum atomic E-state index is -0.476. The third-order valence-corrected chi connectivity index (χ3v) is 5.97. The van der Waals surface area contributed by atoms with Crippen LogP contribution < -0.4 is 14.9 Å². The molecule has 0 saturated carbocycles. The van der Waals surface area contributed by atoms with Crippen molar-refractivity contribution >= 4 is 81.8 Å². The average molecular weight is 690 g/mol. The highest BCUT2D eigenvalue weighted by Gasteiger charge is 2.11. The Kier molecular flexibility index (Phi) is 9.03.